The molecule has 0 saturated carbocycles. The summed E-state index contributed by atoms with van der Waals surface area (Å²) in [5, 5.41) is 15.2. The first-order chi connectivity index (χ1) is 22.4. The number of alkyl halides is 3. The predicted molar refractivity (Wildman–Crippen MR) is 182 cm³/mol. The Labute approximate surface area is 280 Å². The summed E-state index contributed by atoms with van der Waals surface area (Å²) in [6.07, 6.45) is -0.276. The summed E-state index contributed by atoms with van der Waals surface area (Å²) >= 11 is 1.07. The summed E-state index contributed by atoms with van der Waals surface area (Å²) in [6, 6.07) is 10.9. The van der Waals surface area contributed by atoms with Gasteiger partial charge in [0.1, 0.15) is 28.7 Å². The fourth-order valence-corrected chi connectivity index (χ4v) is 9.52. The molecule has 1 unspecified atom stereocenters. The van der Waals surface area contributed by atoms with Crippen LogP contribution in [0.4, 0.5) is 19.0 Å². The highest BCUT2D eigenvalue weighted by Crippen LogP contribution is 2.33. The molecule has 2 aliphatic rings. The Bertz CT molecular complexity index is 1800. The first kappa shape index (κ1) is 33.8. The maximum Gasteiger partial charge on any atom is 0.393 e. The van der Waals surface area contributed by atoms with Crippen molar-refractivity contribution >= 4 is 49.3 Å². The molecule has 2 fully saturated rings. The number of nitrogens with one attached hydrogen (secondary N) is 1. The van der Waals surface area contributed by atoms with E-state index in [1.165, 1.54) is 17.5 Å². The van der Waals surface area contributed by atoms with Gasteiger partial charge >= 0.3 is 6.18 Å². The van der Waals surface area contributed by atoms with Crippen molar-refractivity contribution in [1.82, 2.24) is 28.6 Å². The Morgan fingerprint density at radius 3 is 2.45 bits per heavy atom. The van der Waals surface area contributed by atoms with E-state index in [9.17, 15) is 22.6 Å². The van der Waals surface area contributed by atoms with E-state index < -0.39 is 23.6 Å². The highest BCUT2D eigenvalue weighted by molar-refractivity contribution is 7.81. The smallest absolute Gasteiger partial charge is 0.367 e. The first-order valence-corrected chi connectivity index (χ1v) is 18.4. The Kier molecular flexibility index (Phi) is 9.92. The Balaban J connectivity index is 1.08. The number of anilines is 1. The van der Waals surface area contributed by atoms with Gasteiger partial charge in [0.05, 0.1) is 22.8 Å². The standard InChI is InChI=1S/C33H41F3N8OS2/c1-21-17-42(18-22(2)44(21)47(4)45)11-12-43-26(16-37)13-28-23(3)24(5-6-30(28)43)19-41-9-7-25(8-10-41)40-31-29-14-27(15-33(34,35)36)46-32(29)39-20-38-31/h5-6,13-14,20-22,25H,7-12,15,17-19H2,1-4H3,(H,38,39,40)/t21-,22-,47?/m1/s1. The maximum absolute atomic E-state index is 12.9. The van der Waals surface area contributed by atoms with Crippen molar-refractivity contribution in [2.75, 3.05) is 44.3 Å². The van der Waals surface area contributed by atoms with Crippen LogP contribution in [0.15, 0.2) is 30.6 Å². The van der Waals surface area contributed by atoms with Crippen LogP contribution in [0.2, 0.25) is 0 Å². The minimum atomic E-state index is -4.26. The number of hydrogen-bond acceptors (Lipinski definition) is 8. The molecular weight excluding hydrogens is 646 g/mol. The van der Waals surface area contributed by atoms with Gasteiger partial charge in [-0.2, -0.15) is 18.4 Å². The highest BCUT2D eigenvalue weighted by atomic mass is 32.2. The van der Waals surface area contributed by atoms with Gasteiger partial charge in [0.2, 0.25) is 0 Å². The molecular formula is C33H41F3N8OS2. The Morgan fingerprint density at radius 2 is 1.79 bits per heavy atom. The molecule has 47 heavy (non-hydrogen) atoms. The second kappa shape index (κ2) is 13.8. The number of nitrogens with zero attached hydrogens (tertiary/aromatic N) is 7. The van der Waals surface area contributed by atoms with Crippen molar-refractivity contribution in [2.45, 2.75) is 77.4 Å². The third-order valence-corrected chi connectivity index (χ3v) is 11.9. The molecule has 0 radical (unpaired) electrons. The number of rotatable bonds is 9. The maximum atomic E-state index is 12.9. The zero-order chi connectivity index (χ0) is 33.5. The van der Waals surface area contributed by atoms with Crippen LogP contribution >= 0.6 is 11.3 Å². The van der Waals surface area contributed by atoms with Crippen molar-refractivity contribution in [3.63, 3.8) is 0 Å². The van der Waals surface area contributed by atoms with Crippen molar-refractivity contribution < 1.29 is 17.4 Å². The van der Waals surface area contributed by atoms with Crippen LogP contribution in [0.3, 0.4) is 0 Å². The van der Waals surface area contributed by atoms with Crippen LogP contribution in [-0.2, 0) is 30.5 Å². The van der Waals surface area contributed by atoms with Crippen LogP contribution in [0.5, 0.6) is 0 Å². The third-order valence-electron chi connectivity index (χ3n) is 9.51. The molecule has 0 bridgehead atoms. The number of nitriles is 1. The topological polar surface area (TPSA) is 93.3 Å². The second-order valence-corrected chi connectivity index (χ2v) is 15.3. The van der Waals surface area contributed by atoms with Gasteiger partial charge in [-0.3, -0.25) is 9.80 Å². The van der Waals surface area contributed by atoms with E-state index in [1.54, 1.807) is 12.3 Å². The molecule has 9 nitrogen and oxygen atoms in total. The average molecular weight is 687 g/mol. The summed E-state index contributed by atoms with van der Waals surface area (Å²) in [5.74, 6) is 0.598. The van der Waals surface area contributed by atoms with E-state index in [0.29, 0.717) is 28.3 Å². The molecule has 252 valence electrons. The number of benzene rings is 1. The number of aryl methyl sites for hydroxylation is 1. The molecule has 3 atom stereocenters. The van der Waals surface area contributed by atoms with Crippen LogP contribution in [0.1, 0.15) is 48.4 Å². The van der Waals surface area contributed by atoms with Crippen LogP contribution in [0, 0.1) is 18.3 Å². The van der Waals surface area contributed by atoms with E-state index in [-0.39, 0.29) is 23.0 Å². The largest absolute Gasteiger partial charge is 0.393 e. The van der Waals surface area contributed by atoms with Crippen LogP contribution in [0.25, 0.3) is 21.1 Å². The molecule has 4 aromatic rings. The lowest BCUT2D eigenvalue weighted by Gasteiger charge is -2.42. The molecule has 0 amide bonds. The van der Waals surface area contributed by atoms with Gasteiger partial charge in [-0.1, -0.05) is 6.07 Å². The lowest BCUT2D eigenvalue weighted by molar-refractivity contribution is -0.126. The zero-order valence-electron chi connectivity index (χ0n) is 27.2. The molecule has 6 rings (SSSR count). The molecule has 3 aromatic heterocycles. The number of piperazine rings is 1. The molecule has 2 saturated heterocycles. The van der Waals surface area contributed by atoms with Crippen molar-refractivity contribution in [3.8, 4) is 6.07 Å². The van der Waals surface area contributed by atoms with E-state index >= 15 is 0 Å². The van der Waals surface area contributed by atoms with Gasteiger partial charge in [-0.25, -0.2) is 18.5 Å². The molecule has 1 N–H and O–H groups in total. The lowest BCUT2D eigenvalue weighted by Crippen LogP contribution is -2.57. The fourth-order valence-electron chi connectivity index (χ4n) is 7.35. The first-order valence-electron chi connectivity index (χ1n) is 16.0. The van der Waals surface area contributed by atoms with E-state index in [2.05, 4.69) is 72.9 Å². The van der Waals surface area contributed by atoms with Gasteiger partial charge in [-0.15, -0.1) is 11.3 Å². The minimum Gasteiger partial charge on any atom is -0.367 e. The number of likely N-dealkylation sites (tertiary alicyclic amines) is 1. The lowest BCUT2D eigenvalue weighted by atomic mass is 10.0. The van der Waals surface area contributed by atoms with Gasteiger partial charge < -0.3 is 9.88 Å². The number of thiophene rings is 1. The molecule has 0 aliphatic carbocycles. The van der Waals surface area contributed by atoms with Gasteiger partial charge in [-0.05, 0) is 62.9 Å². The Morgan fingerprint density at radius 1 is 1.06 bits per heavy atom. The number of fused-ring (bicyclic) bond motifs is 2. The minimum absolute atomic E-state index is 0.171. The number of aromatic nitrogens is 3. The number of piperidine rings is 1. The fraction of sp³-hybridized carbons (Fsp3) is 0.545. The zero-order valence-corrected chi connectivity index (χ0v) is 28.8. The summed E-state index contributed by atoms with van der Waals surface area (Å²) in [4.78, 5) is 14.2. The quantitative estimate of drug-likeness (QED) is 0.242. The van der Waals surface area contributed by atoms with Gasteiger partial charge in [0, 0.05) is 86.0 Å². The molecule has 5 heterocycles. The summed E-state index contributed by atoms with van der Waals surface area (Å²) < 4.78 is 55.2. The highest BCUT2D eigenvalue weighted by Gasteiger charge is 2.32. The van der Waals surface area contributed by atoms with Crippen LogP contribution in [-0.4, -0.2) is 96.1 Å². The summed E-state index contributed by atoms with van der Waals surface area (Å²) in [7, 11) is -0.991. The number of halogens is 3. The van der Waals surface area contributed by atoms with Gasteiger partial charge in [0.25, 0.3) is 0 Å². The van der Waals surface area contributed by atoms with Crippen molar-refractivity contribution in [2.24, 2.45) is 0 Å². The summed E-state index contributed by atoms with van der Waals surface area (Å²) in [5.41, 5.74) is 4.17. The molecule has 14 heteroatoms. The monoisotopic (exact) mass is 686 g/mol. The summed E-state index contributed by atoms with van der Waals surface area (Å²) in [6.45, 7) is 12.2. The second-order valence-electron chi connectivity index (χ2n) is 13.0. The van der Waals surface area contributed by atoms with E-state index in [0.717, 1.165) is 74.3 Å². The molecule has 2 aliphatic heterocycles. The average Bonchev–Trinajstić information content (AvgIpc) is 3.58. The number of hydrogen-bond donors (Lipinski definition) is 1. The van der Waals surface area contributed by atoms with E-state index in [4.69, 9.17) is 0 Å². The van der Waals surface area contributed by atoms with E-state index in [1.807, 2.05) is 6.07 Å². The van der Waals surface area contributed by atoms with Crippen molar-refractivity contribution in [3.05, 3.63) is 52.3 Å². The third kappa shape index (κ3) is 7.49. The SMILES string of the molecule is Cc1c(CN2CCC(Nc3ncnc4sc(CC(F)(F)F)cc34)CC2)ccc2c1cc(C#N)n2CCN1C[C@@H](C)N(S(C)=O)[C@H](C)C1. The van der Waals surface area contributed by atoms with Crippen LogP contribution < -0.4 is 5.32 Å². The van der Waals surface area contributed by atoms with Gasteiger partial charge in [0.15, 0.2) is 0 Å². The molecule has 0 spiro atoms. The Hall–Kier alpha value is -3.09. The normalized spacial score (nSPS) is 21.4. The predicted octanol–water partition coefficient (Wildman–Crippen LogP) is 5.70. The molecule has 1 aromatic carbocycles. The van der Waals surface area contributed by atoms with Crippen molar-refractivity contribution in [1.29, 1.82) is 5.26 Å².